The fourth-order valence-electron chi connectivity index (χ4n) is 1.87. The second kappa shape index (κ2) is 4.98. The van der Waals surface area contributed by atoms with Crippen LogP contribution >= 0.6 is 0 Å². The van der Waals surface area contributed by atoms with Crippen LogP contribution in [0.1, 0.15) is 19.3 Å². The van der Waals surface area contributed by atoms with Crippen LogP contribution in [0.4, 0.5) is 13.2 Å². The van der Waals surface area contributed by atoms with Crippen LogP contribution in [0.3, 0.4) is 0 Å². The van der Waals surface area contributed by atoms with Gasteiger partial charge in [-0.15, -0.1) is 0 Å². The quantitative estimate of drug-likeness (QED) is 0.750. The third-order valence-corrected chi connectivity index (χ3v) is 2.68. The SMILES string of the molecule is NCC1CCCN(CC(F)(F)F)CC1. The number of rotatable bonds is 2. The maximum Gasteiger partial charge on any atom is 0.401 e. The van der Waals surface area contributed by atoms with Crippen molar-refractivity contribution in [3.8, 4) is 0 Å². The van der Waals surface area contributed by atoms with Gasteiger partial charge in [0.05, 0.1) is 6.54 Å². The average molecular weight is 210 g/mol. The Labute approximate surface area is 82.2 Å². The average Bonchev–Trinajstić information content (AvgIpc) is 2.27. The predicted molar refractivity (Wildman–Crippen MR) is 48.9 cm³/mol. The van der Waals surface area contributed by atoms with Crippen LogP contribution in [0.5, 0.6) is 0 Å². The molecule has 1 heterocycles. The lowest BCUT2D eigenvalue weighted by atomic mass is 10.0. The molecule has 0 aromatic carbocycles. The van der Waals surface area contributed by atoms with Crippen molar-refractivity contribution in [1.82, 2.24) is 4.90 Å². The maximum absolute atomic E-state index is 12.1. The lowest BCUT2D eigenvalue weighted by Crippen LogP contribution is -2.35. The van der Waals surface area contributed by atoms with Gasteiger partial charge in [0.15, 0.2) is 0 Å². The summed E-state index contributed by atoms with van der Waals surface area (Å²) < 4.78 is 36.3. The minimum Gasteiger partial charge on any atom is -0.330 e. The Morgan fingerprint density at radius 1 is 1.21 bits per heavy atom. The fourth-order valence-corrected chi connectivity index (χ4v) is 1.87. The molecule has 1 rings (SSSR count). The lowest BCUT2D eigenvalue weighted by Gasteiger charge is -2.21. The molecule has 2 nitrogen and oxygen atoms in total. The Hall–Kier alpha value is -0.290. The number of nitrogens with zero attached hydrogens (tertiary/aromatic N) is 1. The summed E-state index contributed by atoms with van der Waals surface area (Å²) in [5, 5.41) is 0. The summed E-state index contributed by atoms with van der Waals surface area (Å²) in [6.07, 6.45) is -1.47. The highest BCUT2D eigenvalue weighted by atomic mass is 19.4. The van der Waals surface area contributed by atoms with E-state index in [1.54, 1.807) is 0 Å². The molecule has 1 aliphatic heterocycles. The van der Waals surface area contributed by atoms with E-state index in [0.717, 1.165) is 19.3 Å². The van der Waals surface area contributed by atoms with E-state index < -0.39 is 12.7 Å². The molecule has 0 aromatic heterocycles. The zero-order valence-corrected chi connectivity index (χ0v) is 8.19. The molecule has 0 amide bonds. The number of likely N-dealkylation sites (tertiary alicyclic amines) is 1. The summed E-state index contributed by atoms with van der Waals surface area (Å²) in [6.45, 7) is 0.904. The van der Waals surface area contributed by atoms with Crippen molar-refractivity contribution >= 4 is 0 Å². The zero-order chi connectivity index (χ0) is 10.6. The van der Waals surface area contributed by atoms with Crippen LogP contribution in [-0.4, -0.2) is 37.3 Å². The van der Waals surface area contributed by atoms with Crippen molar-refractivity contribution in [1.29, 1.82) is 0 Å². The molecule has 0 aliphatic carbocycles. The zero-order valence-electron chi connectivity index (χ0n) is 8.19. The van der Waals surface area contributed by atoms with Crippen LogP contribution < -0.4 is 5.73 Å². The Morgan fingerprint density at radius 2 is 1.93 bits per heavy atom. The first kappa shape index (κ1) is 11.8. The molecule has 1 atom stereocenters. The molecular weight excluding hydrogens is 193 g/mol. The summed E-state index contributed by atoms with van der Waals surface area (Å²) >= 11 is 0. The number of halogens is 3. The summed E-state index contributed by atoms with van der Waals surface area (Å²) in [7, 11) is 0. The highest BCUT2D eigenvalue weighted by Gasteiger charge is 2.31. The number of hydrogen-bond acceptors (Lipinski definition) is 2. The first-order valence-electron chi connectivity index (χ1n) is 5.00. The van der Waals surface area contributed by atoms with Gasteiger partial charge in [-0.1, -0.05) is 0 Å². The van der Waals surface area contributed by atoms with Crippen molar-refractivity contribution in [2.45, 2.75) is 25.4 Å². The standard InChI is InChI=1S/C9H17F3N2/c10-9(11,12)7-14-4-1-2-8(6-13)3-5-14/h8H,1-7,13H2. The van der Waals surface area contributed by atoms with Gasteiger partial charge >= 0.3 is 6.18 Å². The minimum atomic E-state index is -4.07. The molecule has 0 saturated carbocycles. The summed E-state index contributed by atoms with van der Waals surface area (Å²) in [5.74, 6) is 0.410. The number of nitrogens with two attached hydrogens (primary N) is 1. The molecule has 1 fully saturated rings. The third-order valence-electron chi connectivity index (χ3n) is 2.68. The van der Waals surface area contributed by atoms with Crippen LogP contribution in [0, 0.1) is 5.92 Å². The molecule has 1 unspecified atom stereocenters. The first-order valence-corrected chi connectivity index (χ1v) is 5.00. The van der Waals surface area contributed by atoms with Gasteiger partial charge < -0.3 is 5.73 Å². The lowest BCUT2D eigenvalue weighted by molar-refractivity contribution is -0.145. The van der Waals surface area contributed by atoms with E-state index >= 15 is 0 Å². The summed E-state index contributed by atoms with van der Waals surface area (Å²) in [6, 6.07) is 0. The van der Waals surface area contributed by atoms with Crippen molar-refractivity contribution in [2.24, 2.45) is 11.7 Å². The summed E-state index contributed by atoms with van der Waals surface area (Å²) in [4.78, 5) is 1.48. The normalized spacial score (nSPS) is 26.1. The van der Waals surface area contributed by atoms with Crippen molar-refractivity contribution in [3.05, 3.63) is 0 Å². The maximum atomic E-state index is 12.1. The predicted octanol–water partition coefficient (Wildman–Crippen LogP) is 1.61. The van der Waals surface area contributed by atoms with Gasteiger partial charge in [0.1, 0.15) is 0 Å². The number of alkyl halides is 3. The smallest absolute Gasteiger partial charge is 0.330 e. The highest BCUT2D eigenvalue weighted by molar-refractivity contribution is 4.72. The van der Waals surface area contributed by atoms with E-state index in [4.69, 9.17) is 5.73 Å². The van der Waals surface area contributed by atoms with E-state index in [0.29, 0.717) is 25.6 Å². The van der Waals surface area contributed by atoms with Crippen molar-refractivity contribution in [2.75, 3.05) is 26.2 Å². The van der Waals surface area contributed by atoms with E-state index in [2.05, 4.69) is 0 Å². The molecule has 84 valence electrons. The van der Waals surface area contributed by atoms with Crippen molar-refractivity contribution in [3.63, 3.8) is 0 Å². The Kier molecular flexibility index (Phi) is 4.19. The molecule has 0 spiro atoms. The van der Waals surface area contributed by atoms with Gasteiger partial charge in [-0.2, -0.15) is 13.2 Å². The van der Waals surface area contributed by atoms with E-state index in [1.807, 2.05) is 0 Å². The van der Waals surface area contributed by atoms with Crippen LogP contribution in [0.2, 0.25) is 0 Å². The molecule has 0 aromatic rings. The Balaban J connectivity index is 2.34. The van der Waals surface area contributed by atoms with Crippen LogP contribution in [0.25, 0.3) is 0 Å². The van der Waals surface area contributed by atoms with Gasteiger partial charge in [0.2, 0.25) is 0 Å². The van der Waals surface area contributed by atoms with Crippen LogP contribution in [0.15, 0.2) is 0 Å². The molecule has 2 N–H and O–H groups in total. The summed E-state index contributed by atoms with van der Waals surface area (Å²) in [5.41, 5.74) is 5.50. The highest BCUT2D eigenvalue weighted by Crippen LogP contribution is 2.21. The minimum absolute atomic E-state index is 0.410. The van der Waals surface area contributed by atoms with E-state index in [9.17, 15) is 13.2 Å². The third kappa shape index (κ3) is 4.28. The molecule has 0 bridgehead atoms. The van der Waals surface area contributed by atoms with Gasteiger partial charge in [0.25, 0.3) is 0 Å². The first-order chi connectivity index (χ1) is 6.51. The van der Waals surface area contributed by atoms with E-state index in [-0.39, 0.29) is 0 Å². The molecule has 14 heavy (non-hydrogen) atoms. The fraction of sp³-hybridized carbons (Fsp3) is 1.00. The Morgan fingerprint density at radius 3 is 2.50 bits per heavy atom. The van der Waals surface area contributed by atoms with Crippen LogP contribution in [-0.2, 0) is 0 Å². The topological polar surface area (TPSA) is 29.3 Å². The molecule has 1 aliphatic rings. The molecule has 1 saturated heterocycles. The van der Waals surface area contributed by atoms with Gasteiger partial charge in [-0.25, -0.2) is 0 Å². The van der Waals surface area contributed by atoms with Gasteiger partial charge in [0, 0.05) is 0 Å². The second-order valence-corrected chi connectivity index (χ2v) is 3.92. The second-order valence-electron chi connectivity index (χ2n) is 3.92. The Bertz CT molecular complexity index is 170. The monoisotopic (exact) mass is 210 g/mol. The van der Waals surface area contributed by atoms with E-state index in [1.165, 1.54) is 4.90 Å². The molecule has 5 heteroatoms. The van der Waals surface area contributed by atoms with Gasteiger partial charge in [-0.05, 0) is 44.8 Å². The van der Waals surface area contributed by atoms with Gasteiger partial charge in [-0.3, -0.25) is 4.90 Å². The number of hydrogen-bond donors (Lipinski definition) is 1. The largest absolute Gasteiger partial charge is 0.401 e. The van der Waals surface area contributed by atoms with Crippen molar-refractivity contribution < 1.29 is 13.2 Å². The molecular formula is C9H17F3N2. The molecule has 0 radical (unpaired) electrons.